The van der Waals surface area contributed by atoms with Gasteiger partial charge in [-0.2, -0.15) is 5.26 Å². The highest BCUT2D eigenvalue weighted by molar-refractivity contribution is 8.14. The second-order valence-corrected chi connectivity index (χ2v) is 6.79. The molecule has 0 unspecified atom stereocenters. The highest BCUT2D eigenvalue weighted by Gasteiger charge is 2.32. The first-order valence-electron chi connectivity index (χ1n) is 6.90. The van der Waals surface area contributed by atoms with Crippen LogP contribution in [0, 0.1) is 18.4 Å². The predicted octanol–water partition coefficient (Wildman–Crippen LogP) is 3.39. The Morgan fingerprint density at radius 3 is 3.00 bits per heavy atom. The van der Waals surface area contributed by atoms with E-state index in [1.165, 1.54) is 5.56 Å². The maximum Gasteiger partial charge on any atom is 0.208 e. The molecule has 21 heavy (non-hydrogen) atoms. The van der Waals surface area contributed by atoms with Crippen LogP contribution in [0.3, 0.4) is 0 Å². The molecule has 0 spiro atoms. The van der Waals surface area contributed by atoms with Gasteiger partial charge in [-0.25, -0.2) is 0 Å². The van der Waals surface area contributed by atoms with Gasteiger partial charge in [-0.3, -0.25) is 0 Å². The highest BCUT2D eigenvalue weighted by atomic mass is 32.2. The molecular weight excluding hydrogens is 282 g/mol. The number of nitrogens with zero attached hydrogens (tertiary/aromatic N) is 3. The van der Waals surface area contributed by atoms with E-state index in [1.807, 2.05) is 26.1 Å². The first kappa shape index (κ1) is 14.0. The van der Waals surface area contributed by atoms with Crippen LogP contribution in [0.2, 0.25) is 0 Å². The lowest BCUT2D eigenvalue weighted by Crippen LogP contribution is -2.34. The maximum atomic E-state index is 8.86. The Morgan fingerprint density at radius 2 is 2.24 bits per heavy atom. The van der Waals surface area contributed by atoms with E-state index >= 15 is 0 Å². The number of aryl methyl sites for hydroxylation is 1. The van der Waals surface area contributed by atoms with Crippen molar-refractivity contribution in [1.82, 2.24) is 4.90 Å². The number of benzene rings is 1. The number of thioether (sulfide) groups is 1. The Bertz CT molecular complexity index is 685. The lowest BCUT2D eigenvalue weighted by molar-refractivity contribution is 0.156. The summed E-state index contributed by atoms with van der Waals surface area (Å²) in [5.41, 5.74) is 2.97. The molecular formula is C16H17N3OS. The lowest BCUT2D eigenvalue weighted by Gasteiger charge is -2.34. The number of hydrogen-bond acceptors (Lipinski definition) is 4. The van der Waals surface area contributed by atoms with Gasteiger partial charge in [-0.15, -0.1) is 4.99 Å². The van der Waals surface area contributed by atoms with Crippen LogP contribution < -0.4 is 4.74 Å². The maximum absolute atomic E-state index is 8.86. The summed E-state index contributed by atoms with van der Waals surface area (Å²) in [4.78, 5) is 6.07. The van der Waals surface area contributed by atoms with Crippen molar-refractivity contribution in [3.63, 3.8) is 0 Å². The zero-order valence-corrected chi connectivity index (χ0v) is 13.2. The Labute approximate surface area is 129 Å². The van der Waals surface area contributed by atoms with E-state index in [0.717, 1.165) is 34.5 Å². The topological polar surface area (TPSA) is 48.6 Å². The van der Waals surface area contributed by atoms with Crippen LogP contribution in [0.25, 0.3) is 5.70 Å². The van der Waals surface area contributed by atoms with Gasteiger partial charge in [-0.05, 0) is 39.0 Å². The molecule has 2 aliphatic rings. The molecule has 0 bridgehead atoms. The molecule has 2 heterocycles. The summed E-state index contributed by atoms with van der Waals surface area (Å²) in [6.07, 6.45) is 4.02. The first-order valence-corrected chi connectivity index (χ1v) is 7.89. The fraction of sp³-hybridized carbons (Fsp3) is 0.375. The van der Waals surface area contributed by atoms with Crippen molar-refractivity contribution in [3.8, 4) is 11.9 Å². The molecule has 1 fully saturated rings. The smallest absolute Gasteiger partial charge is 0.208 e. The summed E-state index contributed by atoms with van der Waals surface area (Å²) in [6, 6.07) is 6.20. The third-order valence-corrected chi connectivity index (χ3v) is 4.44. The number of rotatable bonds is 1. The normalized spacial score (nSPS) is 21.5. The van der Waals surface area contributed by atoms with Gasteiger partial charge in [0.25, 0.3) is 0 Å². The van der Waals surface area contributed by atoms with Crippen molar-refractivity contribution in [2.24, 2.45) is 4.99 Å². The van der Waals surface area contributed by atoms with Gasteiger partial charge in [0.15, 0.2) is 5.17 Å². The number of ether oxygens (including phenoxy) is 1. The van der Waals surface area contributed by atoms with Gasteiger partial charge in [0.05, 0.1) is 5.70 Å². The predicted molar refractivity (Wildman–Crippen MR) is 86.1 cm³/mol. The Hall–Kier alpha value is -1.93. The van der Waals surface area contributed by atoms with Gasteiger partial charge in [0.1, 0.15) is 11.4 Å². The Morgan fingerprint density at radius 1 is 1.43 bits per heavy atom. The molecule has 0 saturated carbocycles. The van der Waals surface area contributed by atoms with Crippen molar-refractivity contribution < 1.29 is 4.74 Å². The molecule has 1 aromatic rings. The van der Waals surface area contributed by atoms with E-state index < -0.39 is 0 Å². The van der Waals surface area contributed by atoms with Gasteiger partial charge in [-0.1, -0.05) is 23.4 Å². The number of amidine groups is 1. The minimum atomic E-state index is -0.372. The minimum Gasteiger partial charge on any atom is -0.483 e. The molecule has 108 valence electrons. The largest absolute Gasteiger partial charge is 0.483 e. The summed E-state index contributed by atoms with van der Waals surface area (Å²) >= 11 is 1.62. The second kappa shape index (κ2) is 5.12. The van der Waals surface area contributed by atoms with Crippen LogP contribution >= 0.6 is 11.8 Å². The SMILES string of the molecule is Cc1ccc2c(c1)C(N1CCSC1=NC#N)=CC(C)(C)O2. The van der Waals surface area contributed by atoms with Crippen molar-refractivity contribution in [3.05, 3.63) is 35.4 Å². The van der Waals surface area contributed by atoms with Crippen molar-refractivity contribution >= 4 is 22.6 Å². The quantitative estimate of drug-likeness (QED) is 0.746. The molecule has 3 rings (SSSR count). The van der Waals surface area contributed by atoms with E-state index in [0.29, 0.717) is 0 Å². The third-order valence-electron chi connectivity index (χ3n) is 3.48. The minimum absolute atomic E-state index is 0.372. The summed E-state index contributed by atoms with van der Waals surface area (Å²) in [5.74, 6) is 1.83. The number of nitriles is 1. The molecule has 0 N–H and O–H groups in total. The summed E-state index contributed by atoms with van der Waals surface area (Å²) < 4.78 is 6.04. The molecule has 1 saturated heterocycles. The molecule has 0 aliphatic carbocycles. The molecule has 4 nitrogen and oxygen atoms in total. The van der Waals surface area contributed by atoms with Gasteiger partial charge < -0.3 is 9.64 Å². The molecule has 2 aliphatic heterocycles. The average Bonchev–Trinajstić information content (AvgIpc) is 2.86. The monoisotopic (exact) mass is 299 g/mol. The van der Waals surface area contributed by atoms with Crippen molar-refractivity contribution in [2.75, 3.05) is 12.3 Å². The van der Waals surface area contributed by atoms with Crippen molar-refractivity contribution in [1.29, 1.82) is 5.26 Å². The van der Waals surface area contributed by atoms with Gasteiger partial charge >= 0.3 is 0 Å². The average molecular weight is 299 g/mol. The molecule has 1 aromatic carbocycles. The molecule has 5 heteroatoms. The zero-order chi connectivity index (χ0) is 15.0. The first-order chi connectivity index (χ1) is 10.00. The van der Waals surface area contributed by atoms with E-state index in [9.17, 15) is 0 Å². The van der Waals surface area contributed by atoms with Crippen LogP contribution in [0.1, 0.15) is 25.0 Å². The zero-order valence-electron chi connectivity index (χ0n) is 12.4. The van der Waals surface area contributed by atoms with Gasteiger partial charge in [0, 0.05) is 17.9 Å². The third kappa shape index (κ3) is 2.64. The fourth-order valence-corrected chi connectivity index (χ4v) is 3.54. The Kier molecular flexibility index (Phi) is 3.42. The number of fused-ring (bicyclic) bond motifs is 1. The van der Waals surface area contributed by atoms with E-state index in [4.69, 9.17) is 10.00 Å². The van der Waals surface area contributed by atoms with E-state index in [1.54, 1.807) is 11.8 Å². The summed E-state index contributed by atoms with van der Waals surface area (Å²) in [6.45, 7) is 7.02. The van der Waals surface area contributed by atoms with Crippen molar-refractivity contribution in [2.45, 2.75) is 26.4 Å². The highest BCUT2D eigenvalue weighted by Crippen LogP contribution is 2.40. The number of hydrogen-bond donors (Lipinski definition) is 0. The van der Waals surface area contributed by atoms with Crippen LogP contribution in [0.15, 0.2) is 29.3 Å². The van der Waals surface area contributed by atoms with E-state index in [2.05, 4.69) is 35.0 Å². The summed E-state index contributed by atoms with van der Waals surface area (Å²) in [5, 5.41) is 9.64. The van der Waals surface area contributed by atoms with Crippen LogP contribution in [-0.2, 0) is 0 Å². The second-order valence-electron chi connectivity index (χ2n) is 5.73. The fourth-order valence-electron chi connectivity index (χ4n) is 2.64. The van der Waals surface area contributed by atoms with Gasteiger partial charge in [0.2, 0.25) is 6.19 Å². The van der Waals surface area contributed by atoms with E-state index in [-0.39, 0.29) is 5.60 Å². The lowest BCUT2D eigenvalue weighted by atomic mass is 9.97. The molecule has 0 atom stereocenters. The summed E-state index contributed by atoms with van der Waals surface area (Å²) in [7, 11) is 0. The van der Waals surface area contributed by atoms with Crippen LogP contribution in [-0.4, -0.2) is 28.0 Å². The molecule has 0 amide bonds. The number of aliphatic imine (C=N–C) groups is 1. The molecule has 0 aromatic heterocycles. The molecule has 0 radical (unpaired) electrons. The van der Waals surface area contributed by atoms with Crippen LogP contribution in [0.4, 0.5) is 0 Å². The standard InChI is InChI=1S/C16H17N3OS/c1-11-4-5-14-12(8-11)13(9-16(2,3)20-14)19-6-7-21-15(19)18-10-17/h4-5,8-9H,6-7H2,1-3H3. The Balaban J connectivity index is 2.12. The van der Waals surface area contributed by atoms with Crippen LogP contribution in [0.5, 0.6) is 5.75 Å².